The largest absolute Gasteiger partial charge is 0.364 e. The zero-order chi connectivity index (χ0) is 14.1. The molecule has 0 N–H and O–H groups in total. The van der Waals surface area contributed by atoms with Gasteiger partial charge in [0.15, 0.2) is 0 Å². The normalized spacial score (nSPS) is 17.1. The summed E-state index contributed by atoms with van der Waals surface area (Å²) in [4.78, 5) is 12.7. The van der Waals surface area contributed by atoms with E-state index in [1.54, 1.807) is 12.1 Å². The Labute approximate surface area is 117 Å². The van der Waals surface area contributed by atoms with Crippen LogP contribution in [0.5, 0.6) is 0 Å². The lowest BCUT2D eigenvalue weighted by atomic mass is 10.1. The monoisotopic (exact) mass is 268 g/mol. The van der Waals surface area contributed by atoms with Crippen LogP contribution in [0.25, 0.3) is 0 Å². The molecular weight excluding hydrogens is 252 g/mol. The molecule has 4 heteroatoms. The molecule has 0 radical (unpaired) electrons. The lowest BCUT2D eigenvalue weighted by molar-refractivity contribution is -0.384. The Balaban J connectivity index is 1.82. The number of rotatable bonds is 3. The molecule has 1 heterocycles. The number of benzene rings is 2. The molecule has 2 aromatic carbocycles. The summed E-state index contributed by atoms with van der Waals surface area (Å²) >= 11 is 0. The average Bonchev–Trinajstić information content (AvgIpc) is 2.76. The summed E-state index contributed by atoms with van der Waals surface area (Å²) in [5.41, 5.74) is 3.89. The van der Waals surface area contributed by atoms with Gasteiger partial charge < -0.3 is 4.90 Å². The number of hydrogen-bond donors (Lipinski definition) is 0. The fourth-order valence-corrected chi connectivity index (χ4v) is 2.79. The Kier molecular flexibility index (Phi) is 3.14. The van der Waals surface area contributed by atoms with Crippen molar-refractivity contribution in [3.8, 4) is 0 Å². The first kappa shape index (κ1) is 12.7. The zero-order valence-corrected chi connectivity index (χ0v) is 11.3. The molecule has 1 aliphatic heterocycles. The number of anilines is 1. The van der Waals surface area contributed by atoms with E-state index < -0.39 is 0 Å². The highest BCUT2D eigenvalue weighted by molar-refractivity contribution is 5.59. The summed E-state index contributed by atoms with van der Waals surface area (Å²) in [6.45, 7) is 3.00. The first-order valence-corrected chi connectivity index (χ1v) is 6.73. The minimum Gasteiger partial charge on any atom is -0.364 e. The first-order chi connectivity index (χ1) is 9.65. The highest BCUT2D eigenvalue weighted by atomic mass is 16.6. The Hall–Kier alpha value is -2.36. The molecule has 0 spiro atoms. The van der Waals surface area contributed by atoms with E-state index in [4.69, 9.17) is 0 Å². The lowest BCUT2D eigenvalue weighted by Crippen LogP contribution is -2.28. The van der Waals surface area contributed by atoms with Gasteiger partial charge in [0.2, 0.25) is 0 Å². The number of non-ortho nitro benzene ring substituents is 1. The summed E-state index contributed by atoms with van der Waals surface area (Å²) in [5, 5.41) is 10.7. The van der Waals surface area contributed by atoms with Crippen molar-refractivity contribution in [2.45, 2.75) is 25.9 Å². The Bertz CT molecular complexity index is 637. The van der Waals surface area contributed by atoms with Crippen molar-refractivity contribution in [3.05, 3.63) is 69.8 Å². The van der Waals surface area contributed by atoms with Crippen LogP contribution in [-0.2, 0) is 13.0 Å². The van der Waals surface area contributed by atoms with Crippen LogP contribution in [0.2, 0.25) is 0 Å². The van der Waals surface area contributed by atoms with Crippen molar-refractivity contribution in [1.29, 1.82) is 0 Å². The Morgan fingerprint density at radius 1 is 1.20 bits per heavy atom. The smallest absolute Gasteiger partial charge is 0.269 e. The third-order valence-corrected chi connectivity index (χ3v) is 3.85. The molecule has 0 aromatic heterocycles. The number of hydrogen-bond acceptors (Lipinski definition) is 3. The quantitative estimate of drug-likeness (QED) is 0.631. The molecule has 1 aliphatic rings. The molecule has 0 fully saturated rings. The highest BCUT2D eigenvalue weighted by Crippen LogP contribution is 2.33. The van der Waals surface area contributed by atoms with Crippen LogP contribution >= 0.6 is 0 Å². The second-order valence-corrected chi connectivity index (χ2v) is 5.23. The number of nitro benzene ring substituents is 1. The van der Waals surface area contributed by atoms with Crippen molar-refractivity contribution >= 4 is 11.4 Å². The number of nitrogens with zero attached hydrogens (tertiary/aromatic N) is 2. The van der Waals surface area contributed by atoms with Gasteiger partial charge in [-0.05, 0) is 30.5 Å². The van der Waals surface area contributed by atoms with Gasteiger partial charge in [0.05, 0.1) is 4.92 Å². The van der Waals surface area contributed by atoms with Gasteiger partial charge in [-0.3, -0.25) is 10.1 Å². The molecule has 0 saturated carbocycles. The van der Waals surface area contributed by atoms with Crippen LogP contribution in [-0.4, -0.2) is 11.0 Å². The molecule has 3 rings (SSSR count). The minimum absolute atomic E-state index is 0.142. The van der Waals surface area contributed by atoms with E-state index in [9.17, 15) is 10.1 Å². The second-order valence-electron chi connectivity index (χ2n) is 5.23. The Morgan fingerprint density at radius 2 is 1.90 bits per heavy atom. The van der Waals surface area contributed by atoms with E-state index in [1.165, 1.54) is 11.3 Å². The first-order valence-electron chi connectivity index (χ1n) is 6.73. The average molecular weight is 268 g/mol. The zero-order valence-electron chi connectivity index (χ0n) is 11.3. The fourth-order valence-electron chi connectivity index (χ4n) is 2.79. The lowest BCUT2D eigenvalue weighted by Gasteiger charge is -2.25. The van der Waals surface area contributed by atoms with Crippen LogP contribution in [0.4, 0.5) is 11.4 Å². The SMILES string of the molecule is C[C@H]1Cc2ccccc2N1Cc1ccc([N+](=O)[O-])cc1. The topological polar surface area (TPSA) is 46.4 Å². The highest BCUT2D eigenvalue weighted by Gasteiger charge is 2.25. The number of fused-ring (bicyclic) bond motifs is 1. The maximum absolute atomic E-state index is 10.7. The third kappa shape index (κ3) is 2.25. The third-order valence-electron chi connectivity index (χ3n) is 3.85. The summed E-state index contributed by atoms with van der Waals surface area (Å²) in [7, 11) is 0. The van der Waals surface area contributed by atoms with Crippen LogP contribution in [0, 0.1) is 10.1 Å². The van der Waals surface area contributed by atoms with Crippen LogP contribution in [0.3, 0.4) is 0 Å². The fraction of sp³-hybridized carbons (Fsp3) is 0.250. The molecule has 4 nitrogen and oxygen atoms in total. The predicted octanol–water partition coefficient (Wildman–Crippen LogP) is 3.55. The number of nitro groups is 1. The summed E-state index contributed by atoms with van der Waals surface area (Å²) in [6.07, 6.45) is 1.06. The van der Waals surface area contributed by atoms with Crippen LogP contribution < -0.4 is 4.90 Å². The molecule has 0 aliphatic carbocycles. The van der Waals surface area contributed by atoms with Gasteiger partial charge in [0.1, 0.15) is 0 Å². The van der Waals surface area contributed by atoms with Crippen LogP contribution in [0.15, 0.2) is 48.5 Å². The van der Waals surface area contributed by atoms with Crippen molar-refractivity contribution in [2.75, 3.05) is 4.90 Å². The van der Waals surface area contributed by atoms with Gasteiger partial charge in [0.25, 0.3) is 5.69 Å². The standard InChI is InChI=1S/C16H16N2O2/c1-12-10-14-4-2-3-5-16(14)17(12)11-13-6-8-15(9-7-13)18(19)20/h2-9,12H,10-11H2,1H3/t12-/m0/s1. The van der Waals surface area contributed by atoms with E-state index in [-0.39, 0.29) is 10.6 Å². The van der Waals surface area contributed by atoms with Gasteiger partial charge in [0, 0.05) is 30.4 Å². The van der Waals surface area contributed by atoms with E-state index in [2.05, 4.69) is 36.1 Å². The van der Waals surface area contributed by atoms with Crippen LogP contribution in [0.1, 0.15) is 18.1 Å². The van der Waals surface area contributed by atoms with E-state index in [0.29, 0.717) is 6.04 Å². The van der Waals surface area contributed by atoms with E-state index in [0.717, 1.165) is 18.5 Å². The molecule has 1 atom stereocenters. The molecule has 20 heavy (non-hydrogen) atoms. The molecule has 0 saturated heterocycles. The molecule has 0 amide bonds. The maximum atomic E-state index is 10.7. The van der Waals surface area contributed by atoms with Crippen molar-refractivity contribution in [2.24, 2.45) is 0 Å². The van der Waals surface area contributed by atoms with Crippen molar-refractivity contribution < 1.29 is 4.92 Å². The minimum atomic E-state index is -0.364. The van der Waals surface area contributed by atoms with E-state index in [1.807, 2.05) is 12.1 Å². The summed E-state index contributed by atoms with van der Waals surface area (Å²) in [5.74, 6) is 0. The van der Waals surface area contributed by atoms with Gasteiger partial charge in [-0.2, -0.15) is 0 Å². The van der Waals surface area contributed by atoms with Gasteiger partial charge >= 0.3 is 0 Å². The van der Waals surface area contributed by atoms with Gasteiger partial charge in [-0.1, -0.05) is 30.3 Å². The molecule has 0 bridgehead atoms. The summed E-state index contributed by atoms with van der Waals surface area (Å²) in [6, 6.07) is 15.7. The van der Waals surface area contributed by atoms with Gasteiger partial charge in [-0.25, -0.2) is 0 Å². The molecular formula is C16H16N2O2. The molecule has 0 unspecified atom stereocenters. The second kappa shape index (κ2) is 4.96. The predicted molar refractivity (Wildman–Crippen MR) is 78.9 cm³/mol. The van der Waals surface area contributed by atoms with Crippen molar-refractivity contribution in [3.63, 3.8) is 0 Å². The maximum Gasteiger partial charge on any atom is 0.269 e. The summed E-state index contributed by atoms with van der Waals surface area (Å²) < 4.78 is 0. The number of para-hydroxylation sites is 1. The van der Waals surface area contributed by atoms with Gasteiger partial charge in [-0.15, -0.1) is 0 Å². The van der Waals surface area contributed by atoms with E-state index >= 15 is 0 Å². The molecule has 102 valence electrons. The van der Waals surface area contributed by atoms with Crippen molar-refractivity contribution in [1.82, 2.24) is 0 Å². The molecule has 2 aromatic rings. The Morgan fingerprint density at radius 3 is 2.60 bits per heavy atom.